The monoisotopic (exact) mass is 174 g/mol. The van der Waals surface area contributed by atoms with Crippen molar-refractivity contribution in [3.05, 3.63) is 0 Å². The summed E-state index contributed by atoms with van der Waals surface area (Å²) < 4.78 is 10.1. The maximum absolute atomic E-state index is 10.1. The van der Waals surface area contributed by atoms with Gasteiger partial charge in [0.15, 0.2) is 7.37 Å². The van der Waals surface area contributed by atoms with E-state index in [1.54, 1.807) is 6.92 Å². The summed E-state index contributed by atoms with van der Waals surface area (Å²) in [5.74, 6) is 0. The van der Waals surface area contributed by atoms with E-state index in [1.807, 2.05) is 0 Å². The summed E-state index contributed by atoms with van der Waals surface area (Å²) in [5.41, 5.74) is 0. The Kier molecular flexibility index (Phi) is 11.9. The zero-order chi connectivity index (χ0) is 5.21. The summed E-state index contributed by atoms with van der Waals surface area (Å²) in [6.45, 7) is 3.05. The van der Waals surface area contributed by atoms with E-state index in [9.17, 15) is 4.57 Å². The van der Waals surface area contributed by atoms with Crippen LogP contribution in [0.1, 0.15) is 6.92 Å². The smallest absolute Gasteiger partial charge is 0.197 e. The van der Waals surface area contributed by atoms with E-state index in [-0.39, 0.29) is 27.2 Å². The second-order valence-corrected chi connectivity index (χ2v) is 4.10. The van der Waals surface area contributed by atoms with Gasteiger partial charge in [-0.2, -0.15) is 0 Å². The molecule has 5 heteroatoms. The molecule has 0 fully saturated rings. The minimum Gasteiger partial charge on any atom is -0.412 e. The van der Waals surface area contributed by atoms with Crippen LogP contribution in [0.25, 0.3) is 0 Å². The van der Waals surface area contributed by atoms with E-state index >= 15 is 0 Å². The Morgan fingerprint density at radius 3 is 1.75 bits per heavy atom. The molecule has 3 nitrogen and oxygen atoms in total. The Balaban J connectivity index is -0.000000125. The van der Waals surface area contributed by atoms with E-state index in [0.29, 0.717) is 6.16 Å². The molecule has 0 aliphatic rings. The predicted octanol–water partition coefficient (Wildman–Crippen LogP) is 0.0793. The molecule has 0 aromatic carbocycles. The van der Waals surface area contributed by atoms with Crippen LogP contribution in [0.2, 0.25) is 0 Å². The van der Waals surface area contributed by atoms with Crippen LogP contribution < -0.4 is 0 Å². The van der Waals surface area contributed by atoms with Crippen molar-refractivity contribution < 1.29 is 36.7 Å². The third-order valence-electron chi connectivity index (χ3n) is 0.587. The second-order valence-electron chi connectivity index (χ2n) is 1.37. The molecule has 1 unspecified atom stereocenters. The summed E-state index contributed by atoms with van der Waals surface area (Å²) in [6.07, 6.45) is 0.382. The molecule has 0 saturated carbocycles. The minimum atomic E-state index is -2.65. The zero-order valence-electron chi connectivity index (χ0n) is 5.01. The quantitative estimate of drug-likeness (QED) is 0.451. The van der Waals surface area contributed by atoms with E-state index in [1.165, 1.54) is 6.66 Å². The van der Waals surface area contributed by atoms with Crippen LogP contribution in [0.5, 0.6) is 0 Å². The van der Waals surface area contributed by atoms with Crippen molar-refractivity contribution in [3.8, 4) is 0 Å². The number of hydrogen-bond acceptors (Lipinski definition) is 1. The van der Waals surface area contributed by atoms with Gasteiger partial charge in [0.2, 0.25) is 0 Å². The summed E-state index contributed by atoms with van der Waals surface area (Å²) in [6, 6.07) is 0. The minimum absolute atomic E-state index is 0. The van der Waals surface area contributed by atoms with Crippen LogP contribution in [0.4, 0.5) is 0 Å². The molecule has 0 heterocycles. The average Bonchev–Trinajstić information content (AvgIpc) is 1.35. The molecule has 8 heavy (non-hydrogen) atoms. The molecule has 0 radical (unpaired) electrons. The summed E-state index contributed by atoms with van der Waals surface area (Å²) in [4.78, 5) is 8.38. The Hall–Kier alpha value is 0.864. The van der Waals surface area contributed by atoms with Crippen LogP contribution in [-0.2, 0) is 26.3 Å². The van der Waals surface area contributed by atoms with Gasteiger partial charge in [-0.1, -0.05) is 6.92 Å². The van der Waals surface area contributed by atoms with Gasteiger partial charge in [-0.15, -0.1) is 0 Å². The largest absolute Gasteiger partial charge is 0.412 e. The third kappa shape index (κ3) is 15.8. The van der Waals surface area contributed by atoms with Gasteiger partial charge in [-0.25, -0.2) is 0 Å². The first kappa shape index (κ1) is 15.9. The molecule has 0 bridgehead atoms. The average molecular weight is 174 g/mol. The molecule has 0 aromatic rings. The summed E-state index contributed by atoms with van der Waals surface area (Å²) >= 11 is 0. The van der Waals surface area contributed by atoms with Crippen molar-refractivity contribution in [3.63, 3.8) is 0 Å². The molecule has 0 aliphatic heterocycles. The SMILES string of the molecule is CCP(C)(=O)O.O.[Ti]. The molecule has 3 N–H and O–H groups in total. The Morgan fingerprint density at radius 2 is 1.75 bits per heavy atom. The predicted molar refractivity (Wildman–Crippen MR) is 29.9 cm³/mol. The van der Waals surface area contributed by atoms with Crippen molar-refractivity contribution in [1.82, 2.24) is 0 Å². The first-order valence-corrected chi connectivity index (χ1v) is 4.15. The second kappa shape index (κ2) is 5.99. The molecule has 1 atom stereocenters. The van der Waals surface area contributed by atoms with Crippen LogP contribution in [0, 0.1) is 0 Å². The normalized spacial score (nSPS) is 14.9. The molecule has 0 aliphatic carbocycles. The molecule has 0 amide bonds. The summed E-state index contributed by atoms with van der Waals surface area (Å²) in [5, 5.41) is 0. The van der Waals surface area contributed by atoms with E-state index in [2.05, 4.69) is 0 Å². The van der Waals surface area contributed by atoms with Gasteiger partial charge < -0.3 is 10.4 Å². The third-order valence-corrected chi connectivity index (χ3v) is 1.76. The van der Waals surface area contributed by atoms with Crippen molar-refractivity contribution in [2.75, 3.05) is 12.8 Å². The van der Waals surface area contributed by atoms with Crippen LogP contribution in [0.15, 0.2) is 0 Å². The fraction of sp³-hybridized carbons (Fsp3) is 1.00. The maximum atomic E-state index is 10.1. The maximum Gasteiger partial charge on any atom is 0.197 e. The van der Waals surface area contributed by atoms with Crippen LogP contribution >= 0.6 is 7.37 Å². The Morgan fingerprint density at radius 1 is 1.62 bits per heavy atom. The fourth-order valence-corrected chi connectivity index (χ4v) is 0. The van der Waals surface area contributed by atoms with Gasteiger partial charge in [-0.05, 0) is 0 Å². The van der Waals surface area contributed by atoms with Crippen molar-refractivity contribution >= 4 is 7.37 Å². The fourth-order valence-electron chi connectivity index (χ4n) is 0. The zero-order valence-corrected chi connectivity index (χ0v) is 7.47. The first-order chi connectivity index (χ1) is 2.56. The molecule has 0 spiro atoms. The summed E-state index contributed by atoms with van der Waals surface area (Å²) in [7, 11) is -2.65. The van der Waals surface area contributed by atoms with Gasteiger partial charge in [0.25, 0.3) is 0 Å². The standard InChI is InChI=1S/C3H9O2P.H2O.Ti/c1-3-6(2,4)5;;/h3H2,1-2H3,(H,4,5);1H2;. The van der Waals surface area contributed by atoms with Crippen molar-refractivity contribution in [1.29, 1.82) is 0 Å². The van der Waals surface area contributed by atoms with Crippen molar-refractivity contribution in [2.45, 2.75) is 6.92 Å². The molecule has 50 valence electrons. The van der Waals surface area contributed by atoms with Gasteiger partial charge in [0.1, 0.15) is 0 Å². The number of rotatable bonds is 1. The molecule has 0 rings (SSSR count). The van der Waals surface area contributed by atoms with Gasteiger partial charge >= 0.3 is 0 Å². The topological polar surface area (TPSA) is 68.8 Å². The Bertz CT molecular complexity index is 78.6. The van der Waals surface area contributed by atoms with Gasteiger partial charge in [0.05, 0.1) is 0 Å². The van der Waals surface area contributed by atoms with Gasteiger partial charge in [0, 0.05) is 34.5 Å². The molecule has 0 saturated heterocycles. The van der Waals surface area contributed by atoms with Crippen molar-refractivity contribution in [2.24, 2.45) is 0 Å². The first-order valence-electron chi connectivity index (χ1n) is 1.85. The number of hydrogen-bond donors (Lipinski definition) is 1. The van der Waals surface area contributed by atoms with E-state index < -0.39 is 7.37 Å². The van der Waals surface area contributed by atoms with E-state index in [0.717, 1.165) is 0 Å². The van der Waals surface area contributed by atoms with Crippen LogP contribution in [-0.4, -0.2) is 23.2 Å². The van der Waals surface area contributed by atoms with Gasteiger partial charge in [-0.3, -0.25) is 4.57 Å². The van der Waals surface area contributed by atoms with Crippen LogP contribution in [0.3, 0.4) is 0 Å². The molecular formula is C3H11O3PTi. The molecule has 0 aromatic heterocycles. The Labute approximate surface area is 64.1 Å². The molecular weight excluding hydrogens is 163 g/mol. The van der Waals surface area contributed by atoms with E-state index in [4.69, 9.17) is 4.89 Å².